The van der Waals surface area contributed by atoms with Crippen LogP contribution >= 0.6 is 11.8 Å². The minimum Gasteiger partial charge on any atom is -0.130 e. The van der Waals surface area contributed by atoms with Crippen LogP contribution in [0.2, 0.25) is 0 Å². The molecule has 1 aliphatic carbocycles. The van der Waals surface area contributed by atoms with Gasteiger partial charge < -0.3 is 0 Å². The molecule has 1 heteroatoms. The van der Waals surface area contributed by atoms with Gasteiger partial charge in [0.1, 0.15) is 0 Å². The molecule has 0 fully saturated rings. The van der Waals surface area contributed by atoms with Gasteiger partial charge >= 0.3 is 0 Å². The zero-order valence-electron chi connectivity index (χ0n) is 6.68. The number of thioether (sulfide) groups is 1. The third-order valence-electron chi connectivity index (χ3n) is 2.88. The van der Waals surface area contributed by atoms with Gasteiger partial charge in [0.15, 0.2) is 0 Å². The Hall–Kier alpha value is 0.0900. The Bertz CT molecular complexity index is 161. The van der Waals surface area contributed by atoms with Crippen LogP contribution < -0.4 is 0 Å². The fourth-order valence-corrected chi connectivity index (χ4v) is 3.42. The van der Waals surface area contributed by atoms with E-state index in [1.807, 2.05) is 0 Å². The molecule has 0 bridgehead atoms. The molecule has 2 atom stereocenters. The first-order valence-corrected chi connectivity index (χ1v) is 5.15. The summed E-state index contributed by atoms with van der Waals surface area (Å²) in [6.07, 6.45) is 2.81. The Kier molecular flexibility index (Phi) is 1.56. The highest BCUT2D eigenvalue weighted by Crippen LogP contribution is 2.51. The monoisotopic (exact) mass is 154 g/mol. The van der Waals surface area contributed by atoms with Gasteiger partial charge in [0, 0.05) is 0 Å². The molecule has 0 aromatic heterocycles. The molecule has 0 radical (unpaired) electrons. The van der Waals surface area contributed by atoms with Crippen LogP contribution in [0.4, 0.5) is 0 Å². The lowest BCUT2D eigenvalue weighted by Gasteiger charge is -2.40. The van der Waals surface area contributed by atoms with Crippen LogP contribution in [0.25, 0.3) is 0 Å². The molecule has 0 saturated heterocycles. The lowest BCUT2D eigenvalue weighted by atomic mass is 9.74. The van der Waals surface area contributed by atoms with Gasteiger partial charge in [0.05, 0.1) is 0 Å². The predicted octanol–water partition coefficient (Wildman–Crippen LogP) is 3.05. The SMILES string of the molecule is CC1C2=C(SCCC2)C1C. The summed E-state index contributed by atoms with van der Waals surface area (Å²) in [6, 6.07) is 0. The molecule has 0 saturated carbocycles. The summed E-state index contributed by atoms with van der Waals surface area (Å²) in [5.74, 6) is 3.17. The van der Waals surface area contributed by atoms with Crippen molar-refractivity contribution >= 4 is 11.8 Å². The van der Waals surface area contributed by atoms with Crippen LogP contribution in [0.15, 0.2) is 10.5 Å². The molecular weight excluding hydrogens is 140 g/mol. The fourth-order valence-electron chi connectivity index (χ4n) is 1.97. The highest BCUT2D eigenvalue weighted by molar-refractivity contribution is 8.03. The molecule has 0 nitrogen and oxygen atoms in total. The predicted molar refractivity (Wildman–Crippen MR) is 47.0 cm³/mol. The van der Waals surface area contributed by atoms with Crippen molar-refractivity contribution in [2.24, 2.45) is 11.8 Å². The van der Waals surface area contributed by atoms with Gasteiger partial charge in [-0.05, 0) is 35.3 Å². The Morgan fingerprint density at radius 2 is 2.10 bits per heavy atom. The summed E-state index contributed by atoms with van der Waals surface area (Å²) >= 11 is 2.10. The van der Waals surface area contributed by atoms with Gasteiger partial charge in [-0.25, -0.2) is 0 Å². The molecular formula is C9H14S. The summed E-state index contributed by atoms with van der Waals surface area (Å²) in [4.78, 5) is 1.73. The van der Waals surface area contributed by atoms with E-state index in [-0.39, 0.29) is 0 Å². The van der Waals surface area contributed by atoms with Gasteiger partial charge in [0.2, 0.25) is 0 Å². The Morgan fingerprint density at radius 1 is 1.30 bits per heavy atom. The lowest BCUT2D eigenvalue weighted by molar-refractivity contribution is 0.429. The molecule has 0 N–H and O–H groups in total. The van der Waals surface area contributed by atoms with Gasteiger partial charge in [-0.1, -0.05) is 19.4 Å². The number of hydrogen-bond acceptors (Lipinski definition) is 1. The van der Waals surface area contributed by atoms with Crippen molar-refractivity contribution in [2.45, 2.75) is 26.7 Å². The summed E-state index contributed by atoms with van der Waals surface area (Å²) in [5, 5.41) is 0. The second-order valence-corrected chi connectivity index (χ2v) is 4.56. The molecule has 56 valence electrons. The van der Waals surface area contributed by atoms with Crippen molar-refractivity contribution in [2.75, 3.05) is 5.75 Å². The van der Waals surface area contributed by atoms with Crippen molar-refractivity contribution in [1.29, 1.82) is 0 Å². The van der Waals surface area contributed by atoms with Gasteiger partial charge in [0.25, 0.3) is 0 Å². The Labute approximate surface area is 67.1 Å². The topological polar surface area (TPSA) is 0 Å². The molecule has 1 aliphatic heterocycles. The zero-order valence-corrected chi connectivity index (χ0v) is 7.50. The largest absolute Gasteiger partial charge is 0.130 e. The van der Waals surface area contributed by atoms with E-state index in [2.05, 4.69) is 25.6 Å². The summed E-state index contributed by atoms with van der Waals surface area (Å²) < 4.78 is 0. The average molecular weight is 154 g/mol. The first-order valence-electron chi connectivity index (χ1n) is 4.16. The van der Waals surface area contributed by atoms with Crippen molar-refractivity contribution in [3.8, 4) is 0 Å². The molecule has 2 unspecified atom stereocenters. The third kappa shape index (κ3) is 0.763. The molecule has 1 heterocycles. The molecule has 0 spiro atoms. The number of rotatable bonds is 0. The van der Waals surface area contributed by atoms with Gasteiger partial charge in [-0.3, -0.25) is 0 Å². The van der Waals surface area contributed by atoms with Crippen molar-refractivity contribution < 1.29 is 0 Å². The van der Waals surface area contributed by atoms with Crippen LogP contribution in [0, 0.1) is 11.8 Å². The van der Waals surface area contributed by atoms with Gasteiger partial charge in [-0.2, -0.15) is 0 Å². The number of hydrogen-bond donors (Lipinski definition) is 0. The molecule has 2 rings (SSSR count). The van der Waals surface area contributed by atoms with Crippen LogP contribution in [-0.4, -0.2) is 5.75 Å². The lowest BCUT2D eigenvalue weighted by Crippen LogP contribution is -2.27. The first-order chi connectivity index (χ1) is 4.80. The highest BCUT2D eigenvalue weighted by Gasteiger charge is 2.34. The van der Waals surface area contributed by atoms with E-state index >= 15 is 0 Å². The summed E-state index contributed by atoms with van der Waals surface area (Å²) in [5.41, 5.74) is 1.78. The maximum absolute atomic E-state index is 2.37. The Morgan fingerprint density at radius 3 is 2.80 bits per heavy atom. The molecule has 0 amide bonds. The third-order valence-corrected chi connectivity index (χ3v) is 4.32. The normalized spacial score (nSPS) is 39.0. The fraction of sp³-hybridized carbons (Fsp3) is 0.778. The van der Waals surface area contributed by atoms with Gasteiger partial charge in [-0.15, -0.1) is 11.8 Å². The van der Waals surface area contributed by atoms with E-state index in [1.54, 1.807) is 10.5 Å². The molecule has 2 aliphatic rings. The zero-order chi connectivity index (χ0) is 7.14. The smallest absolute Gasteiger partial charge is 0.00201 e. The standard InChI is InChI=1S/C9H14S/c1-6-7(2)9-8(6)4-3-5-10-9/h6-7H,3-5H2,1-2H3. The van der Waals surface area contributed by atoms with E-state index < -0.39 is 0 Å². The van der Waals surface area contributed by atoms with Crippen LogP contribution in [0.5, 0.6) is 0 Å². The molecule has 0 aromatic carbocycles. The van der Waals surface area contributed by atoms with Crippen LogP contribution in [0.1, 0.15) is 26.7 Å². The average Bonchev–Trinajstić information content (AvgIpc) is 2.03. The molecule has 0 aromatic rings. The Balaban J connectivity index is 2.21. The van der Waals surface area contributed by atoms with Crippen LogP contribution in [0.3, 0.4) is 0 Å². The van der Waals surface area contributed by atoms with E-state index in [0.29, 0.717) is 0 Å². The maximum atomic E-state index is 2.37. The van der Waals surface area contributed by atoms with E-state index in [9.17, 15) is 0 Å². The maximum Gasteiger partial charge on any atom is -0.00201 e. The van der Waals surface area contributed by atoms with E-state index in [4.69, 9.17) is 0 Å². The number of allylic oxidation sites excluding steroid dienone is 2. The van der Waals surface area contributed by atoms with Crippen LogP contribution in [-0.2, 0) is 0 Å². The summed E-state index contributed by atoms with van der Waals surface area (Å²) in [6.45, 7) is 4.73. The second-order valence-electron chi connectivity index (χ2n) is 3.42. The quantitative estimate of drug-likeness (QED) is 0.517. The minimum absolute atomic E-state index is 0.889. The first kappa shape index (κ1) is 6.78. The van der Waals surface area contributed by atoms with E-state index in [0.717, 1.165) is 11.8 Å². The van der Waals surface area contributed by atoms with Crippen molar-refractivity contribution in [1.82, 2.24) is 0 Å². The minimum atomic E-state index is 0.889. The van der Waals surface area contributed by atoms with Crippen molar-refractivity contribution in [3.63, 3.8) is 0 Å². The summed E-state index contributed by atoms with van der Waals surface area (Å²) in [7, 11) is 0. The highest BCUT2D eigenvalue weighted by atomic mass is 32.2. The van der Waals surface area contributed by atoms with Crippen molar-refractivity contribution in [3.05, 3.63) is 10.5 Å². The second kappa shape index (κ2) is 2.30. The molecule has 10 heavy (non-hydrogen) atoms. The van der Waals surface area contributed by atoms with E-state index in [1.165, 1.54) is 18.6 Å².